The average molecular weight is 285 g/mol. The Bertz CT molecular complexity index is 702. The molecular weight excluding hydrogens is 272 g/mol. The Kier molecular flexibility index (Phi) is 3.32. The first-order valence-electron chi connectivity index (χ1n) is 5.74. The lowest BCUT2D eigenvalue weighted by Crippen LogP contribution is -2.26. The Labute approximate surface area is 114 Å². The number of aromatic nitrogens is 4. The van der Waals surface area contributed by atoms with Gasteiger partial charge in [-0.15, -0.1) is 12.4 Å². The van der Waals surface area contributed by atoms with E-state index in [0.717, 1.165) is 23.2 Å². The first kappa shape index (κ1) is 13.5. The molecule has 1 aliphatic rings. The van der Waals surface area contributed by atoms with Crippen LogP contribution in [0.1, 0.15) is 30.3 Å². The van der Waals surface area contributed by atoms with E-state index in [-0.39, 0.29) is 24.5 Å². The Morgan fingerprint density at radius 2 is 2.21 bits per heavy atom. The zero-order valence-electron chi connectivity index (χ0n) is 10.2. The molecule has 0 amide bonds. The Balaban J connectivity index is 0.00000133. The van der Waals surface area contributed by atoms with Crippen LogP contribution in [0.4, 0.5) is 0 Å². The van der Waals surface area contributed by atoms with E-state index in [1.165, 1.54) is 6.33 Å². The molecule has 1 N–H and O–H groups in total. The predicted octanol–water partition coefficient (Wildman–Crippen LogP) is 0.583. The minimum atomic E-state index is -1.07. The second kappa shape index (κ2) is 4.65. The molecule has 1 saturated carbocycles. The van der Waals surface area contributed by atoms with Crippen LogP contribution in [0.2, 0.25) is 0 Å². The third kappa shape index (κ3) is 2.21. The fourth-order valence-corrected chi connectivity index (χ4v) is 2.07. The van der Waals surface area contributed by atoms with Gasteiger partial charge < -0.3 is 5.11 Å². The summed E-state index contributed by atoms with van der Waals surface area (Å²) in [4.78, 5) is 27.2. The second-order valence-corrected chi connectivity index (χ2v) is 4.55. The smallest absolute Gasteiger partial charge is 0.323 e. The second-order valence-electron chi connectivity index (χ2n) is 4.55. The number of halogens is 1. The molecular formula is C11H13ClN4O3. The average Bonchev–Trinajstić information content (AvgIpc) is 3.07. The number of aryl methyl sites for hydroxylation is 1. The van der Waals surface area contributed by atoms with E-state index in [4.69, 9.17) is 5.11 Å². The highest BCUT2D eigenvalue weighted by molar-refractivity contribution is 5.85. The molecule has 0 unspecified atom stereocenters. The van der Waals surface area contributed by atoms with Crippen molar-refractivity contribution >= 4 is 23.9 Å². The first-order chi connectivity index (χ1) is 8.58. The lowest BCUT2D eigenvalue weighted by Gasteiger charge is -2.03. The Morgan fingerprint density at radius 3 is 2.79 bits per heavy atom. The minimum Gasteiger partial charge on any atom is -0.480 e. The van der Waals surface area contributed by atoms with E-state index in [9.17, 15) is 9.59 Å². The summed E-state index contributed by atoms with van der Waals surface area (Å²) in [5, 5.41) is 12.9. The van der Waals surface area contributed by atoms with E-state index in [2.05, 4.69) is 10.1 Å². The van der Waals surface area contributed by atoms with Crippen LogP contribution < -0.4 is 5.56 Å². The molecule has 0 spiro atoms. The van der Waals surface area contributed by atoms with Crippen LogP contribution >= 0.6 is 12.4 Å². The molecule has 2 heterocycles. The molecule has 0 aliphatic heterocycles. The minimum absolute atomic E-state index is 0. The number of carboxylic acids is 1. The van der Waals surface area contributed by atoms with E-state index < -0.39 is 5.97 Å². The fourth-order valence-electron chi connectivity index (χ4n) is 2.07. The van der Waals surface area contributed by atoms with Gasteiger partial charge in [-0.05, 0) is 19.8 Å². The van der Waals surface area contributed by atoms with E-state index in [0.29, 0.717) is 17.1 Å². The van der Waals surface area contributed by atoms with Gasteiger partial charge in [0.25, 0.3) is 5.56 Å². The van der Waals surface area contributed by atoms with Gasteiger partial charge in [0, 0.05) is 5.92 Å². The largest absolute Gasteiger partial charge is 0.480 e. The molecule has 0 bridgehead atoms. The highest BCUT2D eigenvalue weighted by atomic mass is 35.5. The van der Waals surface area contributed by atoms with Crippen molar-refractivity contribution in [1.82, 2.24) is 19.2 Å². The van der Waals surface area contributed by atoms with Crippen molar-refractivity contribution in [3.63, 3.8) is 0 Å². The lowest BCUT2D eigenvalue weighted by molar-refractivity contribution is -0.137. The zero-order chi connectivity index (χ0) is 12.9. The van der Waals surface area contributed by atoms with Crippen LogP contribution in [0.5, 0.6) is 0 Å². The van der Waals surface area contributed by atoms with Crippen LogP contribution in [0.3, 0.4) is 0 Å². The number of aliphatic carboxylic acids is 1. The van der Waals surface area contributed by atoms with Crippen molar-refractivity contribution in [2.24, 2.45) is 0 Å². The lowest BCUT2D eigenvalue weighted by atomic mass is 10.4. The standard InChI is InChI=1S/C11H12N4O3.ClH/c1-6-9-11(18)14(4-8(16)17)5-12-15(9)10(13-6)7-2-3-7;/h5,7H,2-4H2,1H3,(H,16,17);1H. The predicted molar refractivity (Wildman–Crippen MR) is 68.8 cm³/mol. The summed E-state index contributed by atoms with van der Waals surface area (Å²) in [5.41, 5.74) is 0.624. The van der Waals surface area contributed by atoms with E-state index in [1.54, 1.807) is 11.4 Å². The van der Waals surface area contributed by atoms with E-state index in [1.807, 2.05) is 0 Å². The summed E-state index contributed by atoms with van der Waals surface area (Å²) in [6.07, 6.45) is 3.40. The number of rotatable bonds is 3. The monoisotopic (exact) mass is 284 g/mol. The zero-order valence-corrected chi connectivity index (χ0v) is 11.1. The van der Waals surface area contributed by atoms with Gasteiger partial charge in [-0.2, -0.15) is 5.10 Å². The number of carbonyl (C=O) groups is 1. The molecule has 0 saturated heterocycles. The van der Waals surface area contributed by atoms with Gasteiger partial charge in [0.15, 0.2) is 5.52 Å². The maximum Gasteiger partial charge on any atom is 0.323 e. The van der Waals surface area contributed by atoms with Gasteiger partial charge in [0.05, 0.1) is 5.69 Å². The third-order valence-corrected chi connectivity index (χ3v) is 3.07. The third-order valence-electron chi connectivity index (χ3n) is 3.07. The number of fused-ring (bicyclic) bond motifs is 1. The van der Waals surface area contributed by atoms with E-state index >= 15 is 0 Å². The van der Waals surface area contributed by atoms with Crippen LogP contribution in [0.15, 0.2) is 11.1 Å². The van der Waals surface area contributed by atoms with Gasteiger partial charge in [-0.3, -0.25) is 14.2 Å². The molecule has 0 aromatic carbocycles. The SMILES string of the molecule is Cc1nc(C2CC2)n2ncn(CC(=O)O)c(=O)c12.Cl. The van der Waals surface area contributed by atoms with Crippen LogP contribution in [0.25, 0.3) is 5.52 Å². The summed E-state index contributed by atoms with van der Waals surface area (Å²) < 4.78 is 2.64. The summed E-state index contributed by atoms with van der Waals surface area (Å²) in [6, 6.07) is 0. The molecule has 102 valence electrons. The summed E-state index contributed by atoms with van der Waals surface area (Å²) in [5.74, 6) is 0.123. The molecule has 8 heteroatoms. The normalized spacial score (nSPS) is 14.4. The quantitative estimate of drug-likeness (QED) is 0.890. The molecule has 0 atom stereocenters. The molecule has 1 aliphatic carbocycles. The van der Waals surface area contributed by atoms with Crippen molar-refractivity contribution < 1.29 is 9.90 Å². The number of hydrogen-bond donors (Lipinski definition) is 1. The Morgan fingerprint density at radius 1 is 1.53 bits per heavy atom. The summed E-state index contributed by atoms with van der Waals surface area (Å²) in [7, 11) is 0. The van der Waals surface area contributed by atoms with Crippen LogP contribution in [-0.2, 0) is 11.3 Å². The number of imidazole rings is 1. The first-order valence-corrected chi connectivity index (χ1v) is 5.74. The van der Waals surface area contributed by atoms with Crippen LogP contribution in [-0.4, -0.2) is 30.2 Å². The molecule has 2 aromatic heterocycles. The van der Waals surface area contributed by atoms with Gasteiger partial charge in [0.1, 0.15) is 18.7 Å². The van der Waals surface area contributed by atoms with Crippen molar-refractivity contribution in [3.05, 3.63) is 28.2 Å². The van der Waals surface area contributed by atoms with Crippen molar-refractivity contribution in [2.45, 2.75) is 32.2 Å². The van der Waals surface area contributed by atoms with Gasteiger partial charge in [-0.1, -0.05) is 0 Å². The molecule has 3 rings (SSSR count). The summed E-state index contributed by atoms with van der Waals surface area (Å²) in [6.45, 7) is 1.36. The van der Waals surface area contributed by atoms with Crippen molar-refractivity contribution in [1.29, 1.82) is 0 Å². The highest BCUT2D eigenvalue weighted by Crippen LogP contribution is 2.39. The molecule has 2 aromatic rings. The van der Waals surface area contributed by atoms with Gasteiger partial charge >= 0.3 is 5.97 Å². The number of nitrogens with zero attached hydrogens (tertiary/aromatic N) is 4. The molecule has 19 heavy (non-hydrogen) atoms. The van der Waals surface area contributed by atoms with Gasteiger partial charge in [-0.25, -0.2) is 9.50 Å². The molecule has 0 radical (unpaired) electrons. The highest BCUT2D eigenvalue weighted by Gasteiger charge is 2.30. The van der Waals surface area contributed by atoms with Crippen molar-refractivity contribution in [3.8, 4) is 0 Å². The number of hydrogen-bond acceptors (Lipinski definition) is 4. The van der Waals surface area contributed by atoms with Crippen LogP contribution in [0, 0.1) is 6.92 Å². The maximum absolute atomic E-state index is 12.1. The number of carboxylic acid groups (broad SMARTS) is 1. The summed E-state index contributed by atoms with van der Waals surface area (Å²) >= 11 is 0. The molecule has 7 nitrogen and oxygen atoms in total. The fraction of sp³-hybridized carbons (Fsp3) is 0.455. The van der Waals surface area contributed by atoms with Gasteiger partial charge in [0.2, 0.25) is 0 Å². The topological polar surface area (TPSA) is 89.5 Å². The Hall–Kier alpha value is -1.89. The molecule has 1 fully saturated rings. The maximum atomic E-state index is 12.1. The van der Waals surface area contributed by atoms with Crippen molar-refractivity contribution in [2.75, 3.05) is 0 Å².